The minimum atomic E-state index is -4.62. The van der Waals surface area contributed by atoms with Gasteiger partial charge in [-0.15, -0.1) is 0 Å². The molecule has 2 atom stereocenters. The van der Waals surface area contributed by atoms with E-state index < -0.39 is 20.0 Å². The average Bonchev–Trinajstić information content (AvgIpc) is 2.71. The predicted octanol–water partition coefficient (Wildman–Crippen LogP) is 5.83. The Balaban J connectivity index is 1.98. The number of phosphoric ester groups is 1. The molecule has 31 heavy (non-hydrogen) atoms. The Labute approximate surface area is 188 Å². The molecule has 0 aliphatic carbocycles. The molecular weight excluding hydrogens is 419 g/mol. The van der Waals surface area contributed by atoms with Gasteiger partial charge in [0.05, 0.1) is 6.61 Å². The molecular formula is C23H43O7P. The van der Waals surface area contributed by atoms with Gasteiger partial charge in [0.2, 0.25) is 0 Å². The van der Waals surface area contributed by atoms with E-state index in [1.54, 1.807) is 0 Å². The average molecular weight is 463 g/mol. The Bertz CT molecular complexity index is 532. The van der Waals surface area contributed by atoms with E-state index >= 15 is 0 Å². The SMILES string of the molecule is CCCCCCCC/C=C/CCCCCCCC(=O)O[C@@H]1COCC[C@H]1OP(=O)(O)O. The molecule has 0 unspecified atom stereocenters. The molecule has 7 nitrogen and oxygen atoms in total. The highest BCUT2D eigenvalue weighted by Crippen LogP contribution is 2.40. The van der Waals surface area contributed by atoms with E-state index in [2.05, 4.69) is 19.1 Å². The number of hydrogen-bond acceptors (Lipinski definition) is 5. The minimum Gasteiger partial charge on any atom is -0.457 e. The van der Waals surface area contributed by atoms with E-state index in [1.165, 1.54) is 51.4 Å². The molecule has 0 aromatic carbocycles. The van der Waals surface area contributed by atoms with Crippen molar-refractivity contribution in [3.63, 3.8) is 0 Å². The lowest BCUT2D eigenvalue weighted by Gasteiger charge is -2.30. The molecule has 182 valence electrons. The maximum Gasteiger partial charge on any atom is 0.469 e. The summed E-state index contributed by atoms with van der Waals surface area (Å²) in [5.74, 6) is -0.368. The largest absolute Gasteiger partial charge is 0.469 e. The molecule has 1 aliphatic heterocycles. The van der Waals surface area contributed by atoms with Crippen molar-refractivity contribution in [2.45, 2.75) is 115 Å². The number of esters is 1. The zero-order valence-electron chi connectivity index (χ0n) is 19.2. The number of allylic oxidation sites excluding steroid dienone is 2. The summed E-state index contributed by atoms with van der Waals surface area (Å²) < 4.78 is 26.3. The fraction of sp³-hybridized carbons (Fsp3) is 0.870. The van der Waals surface area contributed by atoms with Gasteiger partial charge in [0, 0.05) is 19.4 Å². The highest BCUT2D eigenvalue weighted by Gasteiger charge is 2.34. The van der Waals surface area contributed by atoms with Gasteiger partial charge in [0.25, 0.3) is 0 Å². The Kier molecular flexibility index (Phi) is 16.2. The summed E-state index contributed by atoms with van der Waals surface area (Å²) in [7, 11) is -4.62. The second kappa shape index (κ2) is 17.8. The van der Waals surface area contributed by atoms with E-state index in [0.29, 0.717) is 13.0 Å². The van der Waals surface area contributed by atoms with Gasteiger partial charge in [-0.25, -0.2) is 4.57 Å². The van der Waals surface area contributed by atoms with Crippen LogP contribution in [0.15, 0.2) is 12.2 Å². The third kappa shape index (κ3) is 16.6. The Hall–Kier alpha value is -0.720. The molecule has 0 aromatic rings. The van der Waals surface area contributed by atoms with Crippen LogP contribution in [0.5, 0.6) is 0 Å². The summed E-state index contributed by atoms with van der Waals surface area (Å²) in [6.45, 7) is 2.67. The van der Waals surface area contributed by atoms with Gasteiger partial charge in [0.1, 0.15) is 6.10 Å². The zero-order valence-corrected chi connectivity index (χ0v) is 20.1. The van der Waals surface area contributed by atoms with Crippen LogP contribution >= 0.6 is 7.82 Å². The van der Waals surface area contributed by atoms with Crippen LogP contribution in [0.25, 0.3) is 0 Å². The molecule has 0 bridgehead atoms. The maximum absolute atomic E-state index is 12.0. The lowest BCUT2D eigenvalue weighted by molar-refractivity contribution is -0.166. The fourth-order valence-corrected chi connectivity index (χ4v) is 4.26. The first-order valence-corrected chi connectivity index (χ1v) is 13.6. The number of carbonyl (C=O) groups is 1. The summed E-state index contributed by atoms with van der Waals surface area (Å²) in [5, 5.41) is 0. The smallest absolute Gasteiger partial charge is 0.457 e. The Morgan fingerprint density at radius 3 is 2.13 bits per heavy atom. The van der Waals surface area contributed by atoms with Crippen LogP contribution in [0.4, 0.5) is 0 Å². The van der Waals surface area contributed by atoms with E-state index in [-0.39, 0.29) is 19.0 Å². The van der Waals surface area contributed by atoms with Gasteiger partial charge in [0.15, 0.2) is 6.10 Å². The maximum atomic E-state index is 12.0. The summed E-state index contributed by atoms with van der Waals surface area (Å²) in [5.41, 5.74) is 0. The van der Waals surface area contributed by atoms with E-state index in [9.17, 15) is 9.36 Å². The summed E-state index contributed by atoms with van der Waals surface area (Å²) in [4.78, 5) is 30.0. The number of unbranched alkanes of at least 4 members (excludes halogenated alkanes) is 11. The van der Waals surface area contributed by atoms with Crippen molar-refractivity contribution in [1.82, 2.24) is 0 Å². The lowest BCUT2D eigenvalue weighted by atomic mass is 10.1. The van der Waals surface area contributed by atoms with Crippen molar-refractivity contribution in [1.29, 1.82) is 0 Å². The molecule has 8 heteroatoms. The molecule has 1 heterocycles. The first kappa shape index (κ1) is 28.3. The molecule has 0 aromatic heterocycles. The third-order valence-electron chi connectivity index (χ3n) is 5.44. The lowest BCUT2D eigenvalue weighted by Crippen LogP contribution is -2.41. The number of hydrogen-bond donors (Lipinski definition) is 2. The minimum absolute atomic E-state index is 0.1000. The molecule has 0 spiro atoms. The Morgan fingerprint density at radius 2 is 1.52 bits per heavy atom. The summed E-state index contributed by atoms with van der Waals surface area (Å²) in [6, 6.07) is 0. The third-order valence-corrected chi connectivity index (χ3v) is 5.99. The van der Waals surface area contributed by atoms with Crippen molar-refractivity contribution in [3.8, 4) is 0 Å². The van der Waals surface area contributed by atoms with E-state index in [4.69, 9.17) is 23.8 Å². The van der Waals surface area contributed by atoms with Crippen molar-refractivity contribution >= 4 is 13.8 Å². The first-order valence-electron chi connectivity index (χ1n) is 12.1. The van der Waals surface area contributed by atoms with Gasteiger partial charge in [-0.2, -0.15) is 0 Å². The number of phosphoric acid groups is 1. The van der Waals surface area contributed by atoms with Crippen molar-refractivity contribution < 1.29 is 33.1 Å². The standard InChI is InChI=1S/C23H43O7P/c1-2-3-4-5-6-7-8-9-10-11-12-13-14-15-16-17-23(24)29-22-20-28-19-18-21(22)30-31(25,26)27/h9-10,21-22H,2-8,11-20H2,1H3,(H2,25,26,27)/b10-9+/t21-,22-/m1/s1. The normalized spacial score (nSPS) is 19.7. The van der Waals surface area contributed by atoms with Crippen LogP contribution in [0.1, 0.15) is 103 Å². The number of rotatable bonds is 18. The van der Waals surface area contributed by atoms with Crippen molar-refractivity contribution in [2.75, 3.05) is 13.2 Å². The second-order valence-corrected chi connectivity index (χ2v) is 9.55. The van der Waals surface area contributed by atoms with E-state index in [0.717, 1.165) is 32.1 Å². The second-order valence-electron chi connectivity index (χ2n) is 8.36. The highest BCUT2D eigenvalue weighted by atomic mass is 31.2. The summed E-state index contributed by atoms with van der Waals surface area (Å²) >= 11 is 0. The van der Waals surface area contributed by atoms with Crippen LogP contribution in [0.3, 0.4) is 0 Å². The highest BCUT2D eigenvalue weighted by molar-refractivity contribution is 7.46. The molecule has 1 fully saturated rings. The van der Waals surface area contributed by atoms with Crippen molar-refractivity contribution in [3.05, 3.63) is 12.2 Å². The van der Waals surface area contributed by atoms with Gasteiger partial charge in [-0.3, -0.25) is 9.32 Å². The zero-order chi connectivity index (χ0) is 22.8. The molecule has 1 saturated heterocycles. The predicted molar refractivity (Wildman–Crippen MR) is 122 cm³/mol. The molecule has 2 N–H and O–H groups in total. The molecule has 1 rings (SSSR count). The van der Waals surface area contributed by atoms with Crippen molar-refractivity contribution in [2.24, 2.45) is 0 Å². The quantitative estimate of drug-likeness (QED) is 0.114. The van der Waals surface area contributed by atoms with Gasteiger partial charge < -0.3 is 19.3 Å². The number of carbonyl (C=O) groups excluding carboxylic acids is 1. The first-order chi connectivity index (χ1) is 14.9. The van der Waals surface area contributed by atoms with Crippen LogP contribution in [-0.4, -0.2) is 41.2 Å². The van der Waals surface area contributed by atoms with Crippen LogP contribution < -0.4 is 0 Å². The molecule has 1 aliphatic rings. The molecule has 0 amide bonds. The summed E-state index contributed by atoms with van der Waals surface area (Å²) in [6.07, 6.45) is 19.1. The molecule has 0 radical (unpaired) electrons. The van der Waals surface area contributed by atoms with Gasteiger partial charge in [-0.1, -0.05) is 70.4 Å². The Morgan fingerprint density at radius 1 is 0.935 bits per heavy atom. The van der Waals surface area contributed by atoms with Gasteiger partial charge >= 0.3 is 13.8 Å². The van der Waals surface area contributed by atoms with Crippen LogP contribution in [0, 0.1) is 0 Å². The monoisotopic (exact) mass is 462 g/mol. The number of ether oxygens (including phenoxy) is 2. The topological polar surface area (TPSA) is 102 Å². The van der Waals surface area contributed by atoms with Crippen LogP contribution in [0.2, 0.25) is 0 Å². The van der Waals surface area contributed by atoms with E-state index in [1.807, 2.05) is 0 Å². The van der Waals surface area contributed by atoms with Gasteiger partial charge in [-0.05, 0) is 32.1 Å². The van der Waals surface area contributed by atoms with Crippen LogP contribution in [-0.2, 0) is 23.4 Å². The fourth-order valence-electron chi connectivity index (χ4n) is 3.67. The molecule has 0 saturated carbocycles.